The second-order valence-corrected chi connectivity index (χ2v) is 46.7. The van der Waals surface area contributed by atoms with E-state index in [2.05, 4.69) is 51.4 Å². The van der Waals surface area contributed by atoms with Crippen LogP contribution in [0.5, 0.6) is 5.75 Å². The van der Waals surface area contributed by atoms with E-state index in [1.165, 1.54) is 21.4 Å². The molecule has 102 valence electrons. The highest BCUT2D eigenvalue weighted by Crippen LogP contribution is 2.29. The largest absolute Gasteiger partial charge is 0.508 e. The lowest BCUT2D eigenvalue weighted by Crippen LogP contribution is -2.72. The fraction of sp³-hybridized carbons (Fsp3) is 0.538. The molecule has 0 fully saturated rings. The van der Waals surface area contributed by atoms with Crippen LogP contribution in [0.1, 0.15) is 5.56 Å². The minimum atomic E-state index is -1.07. The minimum Gasteiger partial charge on any atom is -0.508 e. The molecule has 0 aromatic heterocycles. The van der Waals surface area contributed by atoms with Gasteiger partial charge < -0.3 is 5.11 Å². The van der Waals surface area contributed by atoms with Crippen molar-refractivity contribution >= 4 is 31.6 Å². The van der Waals surface area contributed by atoms with E-state index >= 15 is 0 Å². The average Bonchev–Trinajstić information content (AvgIpc) is 2.19. The molecular weight excluding hydrogens is 284 g/mol. The third-order valence-corrected chi connectivity index (χ3v) is 65.2. The Balaban J connectivity index is 2.97. The van der Waals surface area contributed by atoms with Crippen molar-refractivity contribution in [2.24, 2.45) is 0 Å². The number of hydrogen-bond donors (Lipinski definition) is 1. The van der Waals surface area contributed by atoms with Gasteiger partial charge >= 0.3 is 0 Å². The molecule has 1 atom stereocenters. The number of hydrogen-bond acceptors (Lipinski definition) is 1. The first-order valence-electron chi connectivity index (χ1n) is 6.75. The van der Waals surface area contributed by atoms with Crippen LogP contribution >= 0.6 is 0 Å². The Morgan fingerprint density at radius 2 is 1.39 bits per heavy atom. The summed E-state index contributed by atoms with van der Waals surface area (Å²) in [6.45, 7) is 15.6. The lowest BCUT2D eigenvalue weighted by Gasteiger charge is -2.47. The first-order valence-corrected chi connectivity index (χ1v) is 21.5. The Bertz CT molecular complexity index is 404. The summed E-state index contributed by atoms with van der Waals surface area (Å²) in [6, 6.07) is 9.23. The molecule has 0 radical (unpaired) electrons. The summed E-state index contributed by atoms with van der Waals surface area (Å²) < 4.78 is 0. The van der Waals surface area contributed by atoms with Crippen molar-refractivity contribution in [3.05, 3.63) is 29.8 Å². The van der Waals surface area contributed by atoms with Crippen molar-refractivity contribution in [3.63, 3.8) is 0 Å². The van der Waals surface area contributed by atoms with Gasteiger partial charge in [0.05, 0.1) is 0 Å². The van der Waals surface area contributed by atoms with Crippen molar-refractivity contribution in [2.75, 3.05) is 0 Å². The van der Waals surface area contributed by atoms with Crippen molar-refractivity contribution in [2.45, 2.75) is 45.3 Å². The molecule has 1 aromatic rings. The maximum Gasteiger partial charge on any atom is 0.115 e. The van der Waals surface area contributed by atoms with Gasteiger partial charge in [-0.2, -0.15) is 0 Å². The fourth-order valence-corrected chi connectivity index (χ4v) is 54.7. The fourth-order valence-electron chi connectivity index (χ4n) is 2.36. The first-order chi connectivity index (χ1) is 7.97. The van der Waals surface area contributed by atoms with Crippen LogP contribution in [0.25, 0.3) is 0 Å². The molecule has 0 heterocycles. The number of aromatic hydroxyl groups is 1. The van der Waals surface area contributed by atoms with Gasteiger partial charge in [0.15, 0.2) is 0 Å². The van der Waals surface area contributed by atoms with E-state index < -0.39 is 21.8 Å². The summed E-state index contributed by atoms with van der Waals surface area (Å²) in [5.74, 6) is 0.386. The van der Waals surface area contributed by atoms with Gasteiger partial charge in [-0.25, -0.2) is 0 Å². The van der Waals surface area contributed by atoms with E-state index in [-0.39, 0.29) is 0 Å². The van der Waals surface area contributed by atoms with E-state index in [9.17, 15) is 5.11 Å². The molecule has 1 unspecified atom stereocenters. The van der Waals surface area contributed by atoms with Gasteiger partial charge in [0.1, 0.15) is 5.75 Å². The molecule has 0 aliphatic carbocycles. The van der Waals surface area contributed by atoms with Gasteiger partial charge in [-0.1, -0.05) is 57.0 Å². The molecule has 1 rings (SSSR count). The summed E-state index contributed by atoms with van der Waals surface area (Å²) in [7, 11) is -1.72. The Morgan fingerprint density at radius 1 is 0.944 bits per heavy atom. The topological polar surface area (TPSA) is 20.2 Å². The van der Waals surface area contributed by atoms with Gasteiger partial charge in [0.25, 0.3) is 0 Å². The van der Waals surface area contributed by atoms with Gasteiger partial charge in [0.2, 0.25) is 0 Å². The van der Waals surface area contributed by atoms with E-state index in [1.54, 1.807) is 0 Å². The molecule has 0 spiro atoms. The van der Waals surface area contributed by atoms with Crippen molar-refractivity contribution < 1.29 is 5.11 Å². The number of phenols is 1. The van der Waals surface area contributed by atoms with Crippen LogP contribution in [0.4, 0.5) is 0 Å². The van der Waals surface area contributed by atoms with Crippen LogP contribution in [-0.2, 0) is 6.04 Å². The second-order valence-electron chi connectivity index (χ2n) is 7.60. The van der Waals surface area contributed by atoms with Crippen molar-refractivity contribution in [3.8, 4) is 5.75 Å². The molecule has 0 aliphatic heterocycles. The normalized spacial score (nSPS) is 16.6. The molecule has 0 saturated carbocycles. The molecule has 1 aromatic carbocycles. The Kier molecular flexibility index (Phi) is 4.52. The first kappa shape index (κ1) is 15.9. The maximum absolute atomic E-state index is 9.38. The van der Waals surface area contributed by atoms with Crippen LogP contribution in [0.2, 0.25) is 39.3 Å². The van der Waals surface area contributed by atoms with Crippen LogP contribution in [0.3, 0.4) is 0 Å². The van der Waals surface area contributed by atoms with Crippen molar-refractivity contribution in [1.82, 2.24) is 0 Å². The molecular formula is C13H28OSi4. The highest BCUT2D eigenvalue weighted by Gasteiger charge is 2.48. The number of benzene rings is 1. The van der Waals surface area contributed by atoms with Crippen LogP contribution in [0, 0.1) is 0 Å². The highest BCUT2D eigenvalue weighted by molar-refractivity contribution is 7.76. The quantitative estimate of drug-likeness (QED) is 0.847. The molecule has 18 heavy (non-hydrogen) atoms. The molecule has 0 amide bonds. The Morgan fingerprint density at radius 3 is 1.78 bits per heavy atom. The van der Waals surface area contributed by atoms with Gasteiger partial charge in [-0.15, -0.1) is 0 Å². The number of phenolic OH excluding ortho intramolecular Hbond substituents is 1. The zero-order chi connectivity index (χ0) is 14.2. The SMILES string of the molecule is C[Si](C)(C)[Si](C)(C)[Si](C)([SiH3])Cc1ccc(O)cc1. The van der Waals surface area contributed by atoms with Crippen molar-refractivity contribution in [1.29, 1.82) is 0 Å². The molecule has 0 saturated heterocycles. The summed E-state index contributed by atoms with van der Waals surface area (Å²) in [5.41, 5.74) is 1.44. The van der Waals surface area contributed by atoms with Crippen LogP contribution in [0.15, 0.2) is 24.3 Å². The summed E-state index contributed by atoms with van der Waals surface area (Å²) >= 11 is 0. The Hall–Kier alpha value is -0.112. The standard InChI is InChI=1S/C13H28OSi4/c1-16(2,3)17(4,5)18(6,15)11-12-7-9-13(14)10-8-12/h7-10,14H,11H2,1-6,15H3. The average molecular weight is 313 g/mol. The lowest BCUT2D eigenvalue weighted by molar-refractivity contribution is 0.475. The lowest BCUT2D eigenvalue weighted by atomic mass is 10.2. The van der Waals surface area contributed by atoms with Gasteiger partial charge in [0, 0.05) is 21.8 Å². The van der Waals surface area contributed by atoms with E-state index in [4.69, 9.17) is 0 Å². The smallest absolute Gasteiger partial charge is 0.115 e. The molecule has 0 aliphatic rings. The summed E-state index contributed by atoms with van der Waals surface area (Å²) in [4.78, 5) is 0. The summed E-state index contributed by atoms with van der Waals surface area (Å²) in [6.07, 6.45) is 0. The Labute approximate surface area is 117 Å². The molecule has 0 bridgehead atoms. The predicted molar refractivity (Wildman–Crippen MR) is 94.2 cm³/mol. The highest BCUT2D eigenvalue weighted by atomic mass is 29.8. The van der Waals surface area contributed by atoms with Gasteiger partial charge in [-0.3, -0.25) is 0 Å². The van der Waals surface area contributed by atoms with E-state index in [1.807, 2.05) is 12.1 Å². The molecule has 1 N–H and O–H groups in total. The van der Waals surface area contributed by atoms with E-state index in [0.717, 1.165) is 0 Å². The van der Waals surface area contributed by atoms with Crippen LogP contribution < -0.4 is 0 Å². The predicted octanol–water partition coefficient (Wildman–Crippen LogP) is 2.62. The van der Waals surface area contributed by atoms with Gasteiger partial charge in [-0.05, 0) is 27.9 Å². The number of rotatable bonds is 4. The maximum atomic E-state index is 9.38. The molecule has 5 heteroatoms. The van der Waals surface area contributed by atoms with E-state index in [0.29, 0.717) is 5.75 Å². The minimum absolute atomic E-state index is 0.386. The molecule has 1 nitrogen and oxygen atoms in total. The second kappa shape index (κ2) is 5.11. The third kappa shape index (κ3) is 3.26. The zero-order valence-corrected chi connectivity index (χ0v) is 18.0. The monoisotopic (exact) mass is 312 g/mol. The zero-order valence-electron chi connectivity index (χ0n) is 13.0. The summed E-state index contributed by atoms with van der Waals surface area (Å²) in [5, 5.41) is 9.38. The third-order valence-electron chi connectivity index (χ3n) is 5.15. The van der Waals surface area contributed by atoms with Crippen LogP contribution in [-0.4, -0.2) is 36.7 Å².